The monoisotopic (exact) mass is 452 g/mol. The molecule has 3 rings (SSSR count). The summed E-state index contributed by atoms with van der Waals surface area (Å²) in [5, 5.41) is 8.93. The standard InChI is InChI=1S/C19H16BrF3N4O/c1-12-6-8-13(9-7-12)10-27-11-15(20)17(26-27)25-18(28)24-16-5-3-2-4-14(16)19(21,22)23/h2-9,11H,10H2,1H3,(H2,24,25,26,28). The number of carbonyl (C=O) groups excluding carboxylic acids is 1. The van der Waals surface area contributed by atoms with E-state index in [1.165, 1.54) is 18.2 Å². The van der Waals surface area contributed by atoms with E-state index >= 15 is 0 Å². The van der Waals surface area contributed by atoms with E-state index in [9.17, 15) is 18.0 Å². The van der Waals surface area contributed by atoms with Crippen molar-refractivity contribution in [2.75, 3.05) is 10.6 Å². The van der Waals surface area contributed by atoms with Crippen molar-refractivity contribution < 1.29 is 18.0 Å². The number of aromatic nitrogens is 2. The lowest BCUT2D eigenvalue weighted by atomic mass is 10.1. The summed E-state index contributed by atoms with van der Waals surface area (Å²) in [7, 11) is 0. The van der Waals surface area contributed by atoms with E-state index in [1.54, 1.807) is 10.9 Å². The number of aryl methyl sites for hydroxylation is 1. The molecule has 0 atom stereocenters. The Morgan fingerprint density at radius 3 is 2.46 bits per heavy atom. The van der Waals surface area contributed by atoms with E-state index < -0.39 is 17.8 Å². The average Bonchev–Trinajstić information content (AvgIpc) is 2.95. The number of hydrogen-bond acceptors (Lipinski definition) is 2. The highest BCUT2D eigenvalue weighted by molar-refractivity contribution is 9.10. The number of hydrogen-bond donors (Lipinski definition) is 2. The van der Waals surface area contributed by atoms with Gasteiger partial charge >= 0.3 is 12.2 Å². The molecule has 2 aromatic carbocycles. The van der Waals surface area contributed by atoms with E-state index in [-0.39, 0.29) is 11.5 Å². The molecule has 2 N–H and O–H groups in total. The lowest BCUT2D eigenvalue weighted by Crippen LogP contribution is -2.22. The summed E-state index contributed by atoms with van der Waals surface area (Å²) in [5.41, 5.74) is 0.913. The SMILES string of the molecule is Cc1ccc(Cn2cc(Br)c(NC(=O)Nc3ccccc3C(F)(F)F)n2)cc1. The quantitative estimate of drug-likeness (QED) is 0.535. The van der Waals surface area contributed by atoms with Gasteiger partial charge in [-0.2, -0.15) is 18.3 Å². The van der Waals surface area contributed by atoms with Crippen LogP contribution in [-0.2, 0) is 12.7 Å². The number of rotatable bonds is 4. The molecule has 9 heteroatoms. The number of para-hydroxylation sites is 1. The zero-order valence-corrected chi connectivity index (χ0v) is 16.3. The Labute approximate surface area is 167 Å². The number of anilines is 2. The fraction of sp³-hybridized carbons (Fsp3) is 0.158. The lowest BCUT2D eigenvalue weighted by molar-refractivity contribution is -0.136. The van der Waals surface area contributed by atoms with Crippen molar-refractivity contribution in [3.05, 3.63) is 75.9 Å². The van der Waals surface area contributed by atoms with E-state index in [1.807, 2.05) is 31.2 Å². The first-order valence-corrected chi connectivity index (χ1v) is 9.04. The van der Waals surface area contributed by atoms with Crippen molar-refractivity contribution in [2.24, 2.45) is 0 Å². The normalized spacial score (nSPS) is 11.3. The maximum atomic E-state index is 13.0. The molecule has 0 aliphatic heterocycles. The van der Waals surface area contributed by atoms with Gasteiger partial charge < -0.3 is 5.32 Å². The van der Waals surface area contributed by atoms with Crippen LogP contribution in [0, 0.1) is 6.92 Å². The molecule has 1 heterocycles. The molecule has 1 aromatic heterocycles. The number of benzene rings is 2. The van der Waals surface area contributed by atoms with Crippen LogP contribution in [-0.4, -0.2) is 15.8 Å². The van der Waals surface area contributed by atoms with E-state index in [4.69, 9.17) is 0 Å². The number of nitrogens with zero attached hydrogens (tertiary/aromatic N) is 2. The van der Waals surface area contributed by atoms with Crippen LogP contribution in [0.1, 0.15) is 16.7 Å². The van der Waals surface area contributed by atoms with E-state index in [2.05, 4.69) is 31.7 Å². The van der Waals surface area contributed by atoms with Crippen molar-refractivity contribution in [1.29, 1.82) is 0 Å². The van der Waals surface area contributed by atoms with Gasteiger partial charge in [0.15, 0.2) is 5.82 Å². The Bertz CT molecular complexity index is 984. The molecule has 0 unspecified atom stereocenters. The Kier molecular flexibility index (Phi) is 5.73. The zero-order chi connectivity index (χ0) is 20.3. The minimum atomic E-state index is -4.57. The first-order valence-electron chi connectivity index (χ1n) is 8.25. The van der Waals surface area contributed by atoms with Crippen LogP contribution in [0.4, 0.5) is 29.5 Å². The average molecular weight is 453 g/mol. The molecule has 5 nitrogen and oxygen atoms in total. The smallest absolute Gasteiger partial charge is 0.307 e. The van der Waals surface area contributed by atoms with Crippen LogP contribution in [0.25, 0.3) is 0 Å². The highest BCUT2D eigenvalue weighted by Gasteiger charge is 2.33. The predicted molar refractivity (Wildman–Crippen MR) is 104 cm³/mol. The Hall–Kier alpha value is -2.81. The molecule has 0 radical (unpaired) electrons. The van der Waals surface area contributed by atoms with Gasteiger partial charge in [0.1, 0.15) is 0 Å². The van der Waals surface area contributed by atoms with Gasteiger partial charge in [-0.25, -0.2) is 4.79 Å². The third-order valence-corrected chi connectivity index (χ3v) is 4.48. The number of carbonyl (C=O) groups is 1. The van der Waals surface area contributed by atoms with Crippen LogP contribution in [0.15, 0.2) is 59.2 Å². The molecule has 0 saturated carbocycles. The fourth-order valence-electron chi connectivity index (χ4n) is 2.54. The molecular formula is C19H16BrF3N4O. The van der Waals surface area contributed by atoms with Gasteiger partial charge in [0.25, 0.3) is 0 Å². The molecule has 0 aliphatic rings. The van der Waals surface area contributed by atoms with Crippen LogP contribution < -0.4 is 10.6 Å². The van der Waals surface area contributed by atoms with Crippen LogP contribution in [0.5, 0.6) is 0 Å². The lowest BCUT2D eigenvalue weighted by Gasteiger charge is -2.13. The van der Waals surface area contributed by atoms with Gasteiger partial charge in [0.05, 0.1) is 22.3 Å². The Morgan fingerprint density at radius 1 is 1.11 bits per heavy atom. The van der Waals surface area contributed by atoms with Gasteiger partial charge in [-0.15, -0.1) is 0 Å². The minimum Gasteiger partial charge on any atom is -0.307 e. The molecular weight excluding hydrogens is 437 g/mol. The van der Waals surface area contributed by atoms with Crippen LogP contribution >= 0.6 is 15.9 Å². The maximum Gasteiger partial charge on any atom is 0.418 e. The molecule has 0 fully saturated rings. The third kappa shape index (κ3) is 4.92. The Morgan fingerprint density at radius 2 is 1.79 bits per heavy atom. The van der Waals surface area contributed by atoms with E-state index in [0.29, 0.717) is 11.0 Å². The van der Waals surface area contributed by atoms with Crippen molar-refractivity contribution in [3.8, 4) is 0 Å². The van der Waals surface area contributed by atoms with Gasteiger partial charge in [0.2, 0.25) is 0 Å². The van der Waals surface area contributed by atoms with Crippen molar-refractivity contribution >= 4 is 33.5 Å². The van der Waals surface area contributed by atoms with Gasteiger partial charge in [-0.1, -0.05) is 42.0 Å². The fourth-order valence-corrected chi connectivity index (χ4v) is 2.96. The maximum absolute atomic E-state index is 13.0. The molecule has 2 amide bonds. The first-order chi connectivity index (χ1) is 13.2. The van der Waals surface area contributed by atoms with Crippen LogP contribution in [0.2, 0.25) is 0 Å². The van der Waals surface area contributed by atoms with Gasteiger partial charge in [0, 0.05) is 6.20 Å². The minimum absolute atomic E-state index is 0.203. The Balaban J connectivity index is 1.70. The number of alkyl halides is 3. The zero-order valence-electron chi connectivity index (χ0n) is 14.7. The number of halogens is 4. The number of amides is 2. The molecule has 0 saturated heterocycles. The predicted octanol–water partition coefficient (Wildman–Crippen LogP) is 5.67. The third-order valence-electron chi connectivity index (χ3n) is 3.89. The highest BCUT2D eigenvalue weighted by atomic mass is 79.9. The number of urea groups is 1. The summed E-state index contributed by atoms with van der Waals surface area (Å²) in [4.78, 5) is 12.2. The molecule has 28 heavy (non-hydrogen) atoms. The largest absolute Gasteiger partial charge is 0.418 e. The topological polar surface area (TPSA) is 59.0 Å². The van der Waals surface area contributed by atoms with E-state index in [0.717, 1.165) is 17.2 Å². The second kappa shape index (κ2) is 8.05. The summed E-state index contributed by atoms with van der Waals surface area (Å²) in [5.74, 6) is 0.203. The molecule has 0 spiro atoms. The van der Waals surface area contributed by atoms with Gasteiger partial charge in [-0.05, 0) is 40.5 Å². The van der Waals surface area contributed by atoms with Crippen molar-refractivity contribution in [3.63, 3.8) is 0 Å². The van der Waals surface area contributed by atoms with Crippen molar-refractivity contribution in [1.82, 2.24) is 9.78 Å². The summed E-state index contributed by atoms with van der Waals surface area (Å²) < 4.78 is 41.2. The van der Waals surface area contributed by atoms with Gasteiger partial charge in [-0.3, -0.25) is 10.00 Å². The second-order valence-corrected chi connectivity index (χ2v) is 6.99. The molecule has 3 aromatic rings. The van der Waals surface area contributed by atoms with Crippen molar-refractivity contribution in [2.45, 2.75) is 19.6 Å². The van der Waals surface area contributed by atoms with Crippen LogP contribution in [0.3, 0.4) is 0 Å². The molecule has 0 bridgehead atoms. The summed E-state index contributed by atoms with van der Waals surface area (Å²) in [6, 6.07) is 11.9. The first kappa shape index (κ1) is 19.9. The highest BCUT2D eigenvalue weighted by Crippen LogP contribution is 2.34. The molecule has 0 aliphatic carbocycles. The summed E-state index contributed by atoms with van der Waals surface area (Å²) in [6.45, 7) is 2.48. The summed E-state index contributed by atoms with van der Waals surface area (Å²) >= 11 is 3.30. The molecule has 146 valence electrons. The number of nitrogens with one attached hydrogen (secondary N) is 2. The second-order valence-electron chi connectivity index (χ2n) is 6.13. The summed E-state index contributed by atoms with van der Waals surface area (Å²) in [6.07, 6.45) is -2.89.